The average Bonchev–Trinajstić information content (AvgIpc) is 2.41. The maximum Gasteiger partial charge on any atom is 0.245 e. The van der Waals surface area contributed by atoms with Crippen LogP contribution in [0.5, 0.6) is 0 Å². The SMILES string of the molecule is CC(C)c1ccc(N2C(C)CNC(=O)C2CO)cc1. The first-order chi connectivity index (χ1) is 9.04. The second-order valence-electron chi connectivity index (χ2n) is 5.45. The summed E-state index contributed by atoms with van der Waals surface area (Å²) in [4.78, 5) is 13.8. The highest BCUT2D eigenvalue weighted by atomic mass is 16.3. The summed E-state index contributed by atoms with van der Waals surface area (Å²) < 4.78 is 0. The number of amides is 1. The molecule has 4 nitrogen and oxygen atoms in total. The molecule has 0 bridgehead atoms. The molecule has 2 atom stereocenters. The molecule has 2 rings (SSSR count). The lowest BCUT2D eigenvalue weighted by molar-refractivity contribution is -0.124. The predicted octanol–water partition coefficient (Wildman–Crippen LogP) is 1.50. The second-order valence-corrected chi connectivity index (χ2v) is 5.45. The van der Waals surface area contributed by atoms with Crippen molar-refractivity contribution in [2.24, 2.45) is 0 Å². The largest absolute Gasteiger partial charge is 0.394 e. The molecule has 0 radical (unpaired) electrons. The number of hydrogen-bond acceptors (Lipinski definition) is 3. The van der Waals surface area contributed by atoms with Gasteiger partial charge in [0.1, 0.15) is 6.04 Å². The second kappa shape index (κ2) is 5.61. The molecule has 104 valence electrons. The fourth-order valence-corrected chi connectivity index (χ4v) is 2.53. The Bertz CT molecular complexity index is 442. The Labute approximate surface area is 114 Å². The number of benzene rings is 1. The van der Waals surface area contributed by atoms with Crippen molar-refractivity contribution in [1.29, 1.82) is 0 Å². The summed E-state index contributed by atoms with van der Waals surface area (Å²) in [6.07, 6.45) is 0. The summed E-state index contributed by atoms with van der Waals surface area (Å²) >= 11 is 0. The van der Waals surface area contributed by atoms with Gasteiger partial charge in [0.2, 0.25) is 5.91 Å². The van der Waals surface area contributed by atoms with Gasteiger partial charge in [0.05, 0.1) is 6.61 Å². The zero-order valence-electron chi connectivity index (χ0n) is 11.8. The molecule has 1 aromatic carbocycles. The van der Waals surface area contributed by atoms with Crippen molar-refractivity contribution in [2.75, 3.05) is 18.1 Å². The molecule has 0 saturated carbocycles. The van der Waals surface area contributed by atoms with Gasteiger partial charge in [-0.2, -0.15) is 0 Å². The molecule has 4 heteroatoms. The van der Waals surface area contributed by atoms with Crippen LogP contribution in [-0.2, 0) is 4.79 Å². The molecule has 2 N–H and O–H groups in total. The number of piperazine rings is 1. The molecule has 1 heterocycles. The standard InChI is InChI=1S/C15H22N2O2/c1-10(2)12-4-6-13(7-5-12)17-11(3)8-16-15(19)14(17)9-18/h4-7,10-11,14,18H,8-9H2,1-3H3,(H,16,19). The lowest BCUT2D eigenvalue weighted by Gasteiger charge is -2.41. The van der Waals surface area contributed by atoms with Gasteiger partial charge in [0, 0.05) is 18.3 Å². The first-order valence-electron chi connectivity index (χ1n) is 6.81. The van der Waals surface area contributed by atoms with Crippen molar-refractivity contribution < 1.29 is 9.90 Å². The van der Waals surface area contributed by atoms with Gasteiger partial charge >= 0.3 is 0 Å². The highest BCUT2D eigenvalue weighted by Gasteiger charge is 2.33. The molecular formula is C15H22N2O2. The quantitative estimate of drug-likeness (QED) is 0.868. The van der Waals surface area contributed by atoms with E-state index in [4.69, 9.17) is 0 Å². The number of nitrogens with one attached hydrogen (secondary N) is 1. The molecule has 1 fully saturated rings. The van der Waals surface area contributed by atoms with Gasteiger partial charge < -0.3 is 15.3 Å². The zero-order valence-corrected chi connectivity index (χ0v) is 11.8. The molecule has 2 unspecified atom stereocenters. The van der Waals surface area contributed by atoms with Crippen molar-refractivity contribution >= 4 is 11.6 Å². The number of rotatable bonds is 3. The first-order valence-corrected chi connectivity index (χ1v) is 6.81. The molecule has 1 saturated heterocycles. The molecule has 0 spiro atoms. The summed E-state index contributed by atoms with van der Waals surface area (Å²) in [5, 5.41) is 12.3. The number of hydrogen-bond donors (Lipinski definition) is 2. The molecule has 19 heavy (non-hydrogen) atoms. The molecule has 1 aliphatic heterocycles. The summed E-state index contributed by atoms with van der Waals surface area (Å²) in [6, 6.07) is 7.94. The zero-order chi connectivity index (χ0) is 14.0. The van der Waals surface area contributed by atoms with E-state index < -0.39 is 6.04 Å². The minimum atomic E-state index is -0.492. The maximum absolute atomic E-state index is 11.8. The van der Waals surface area contributed by atoms with E-state index in [-0.39, 0.29) is 18.6 Å². The molecule has 0 aliphatic carbocycles. The Morgan fingerprint density at radius 2 is 2.00 bits per heavy atom. The Morgan fingerprint density at radius 3 is 2.53 bits per heavy atom. The number of aliphatic hydroxyl groups excluding tert-OH is 1. The van der Waals surface area contributed by atoms with E-state index in [0.29, 0.717) is 12.5 Å². The van der Waals surface area contributed by atoms with Crippen molar-refractivity contribution in [1.82, 2.24) is 5.32 Å². The van der Waals surface area contributed by atoms with Crippen molar-refractivity contribution in [2.45, 2.75) is 38.8 Å². The van der Waals surface area contributed by atoms with Crippen LogP contribution in [0.15, 0.2) is 24.3 Å². The van der Waals surface area contributed by atoms with Gasteiger partial charge in [0.15, 0.2) is 0 Å². The van der Waals surface area contributed by atoms with Crippen LogP contribution >= 0.6 is 0 Å². The van der Waals surface area contributed by atoms with Gasteiger partial charge in [0.25, 0.3) is 0 Å². The minimum absolute atomic E-state index is 0.103. The third kappa shape index (κ3) is 2.73. The third-order valence-corrected chi connectivity index (χ3v) is 3.72. The number of anilines is 1. The van der Waals surface area contributed by atoms with Crippen LogP contribution in [0.2, 0.25) is 0 Å². The fourth-order valence-electron chi connectivity index (χ4n) is 2.53. The summed E-state index contributed by atoms with van der Waals surface area (Å²) in [5.74, 6) is 0.387. The Hall–Kier alpha value is -1.55. The maximum atomic E-state index is 11.8. The summed E-state index contributed by atoms with van der Waals surface area (Å²) in [6.45, 7) is 6.81. The lowest BCUT2D eigenvalue weighted by atomic mass is 10.0. The first kappa shape index (κ1) is 13.9. The number of nitrogens with zero attached hydrogens (tertiary/aromatic N) is 1. The van der Waals surface area contributed by atoms with Gasteiger partial charge in [-0.3, -0.25) is 4.79 Å². The molecule has 1 aromatic rings. The van der Waals surface area contributed by atoms with E-state index in [1.54, 1.807) is 0 Å². The highest BCUT2D eigenvalue weighted by Crippen LogP contribution is 2.25. The number of carbonyl (C=O) groups is 1. The normalized spacial score (nSPS) is 23.6. The van der Waals surface area contributed by atoms with Crippen molar-refractivity contribution in [3.8, 4) is 0 Å². The van der Waals surface area contributed by atoms with Gasteiger partial charge in [-0.1, -0.05) is 26.0 Å². The van der Waals surface area contributed by atoms with Crippen molar-refractivity contribution in [3.05, 3.63) is 29.8 Å². The highest BCUT2D eigenvalue weighted by molar-refractivity contribution is 5.87. The van der Waals surface area contributed by atoms with Gasteiger partial charge in [-0.05, 0) is 30.5 Å². The molecular weight excluding hydrogens is 240 g/mol. The smallest absolute Gasteiger partial charge is 0.245 e. The summed E-state index contributed by atoms with van der Waals surface area (Å²) in [7, 11) is 0. The van der Waals surface area contributed by atoms with E-state index >= 15 is 0 Å². The van der Waals surface area contributed by atoms with E-state index in [1.807, 2.05) is 17.0 Å². The molecule has 0 aromatic heterocycles. The van der Waals surface area contributed by atoms with E-state index in [2.05, 4.69) is 38.2 Å². The average molecular weight is 262 g/mol. The topological polar surface area (TPSA) is 52.6 Å². The van der Waals surface area contributed by atoms with Crippen LogP contribution < -0.4 is 10.2 Å². The molecule has 1 amide bonds. The van der Waals surface area contributed by atoms with Crippen LogP contribution in [-0.4, -0.2) is 36.2 Å². The Balaban J connectivity index is 2.28. The third-order valence-electron chi connectivity index (χ3n) is 3.72. The van der Waals surface area contributed by atoms with Crippen LogP contribution in [0, 0.1) is 0 Å². The Kier molecular flexibility index (Phi) is 4.10. The Morgan fingerprint density at radius 1 is 1.37 bits per heavy atom. The van der Waals surface area contributed by atoms with Gasteiger partial charge in [-0.15, -0.1) is 0 Å². The summed E-state index contributed by atoms with van der Waals surface area (Å²) in [5.41, 5.74) is 2.27. The van der Waals surface area contributed by atoms with Gasteiger partial charge in [-0.25, -0.2) is 0 Å². The predicted molar refractivity (Wildman–Crippen MR) is 76.4 cm³/mol. The van der Waals surface area contributed by atoms with E-state index in [0.717, 1.165) is 5.69 Å². The number of carbonyl (C=O) groups excluding carboxylic acids is 1. The van der Waals surface area contributed by atoms with Crippen LogP contribution in [0.4, 0.5) is 5.69 Å². The lowest BCUT2D eigenvalue weighted by Crippen LogP contribution is -2.61. The van der Waals surface area contributed by atoms with Crippen molar-refractivity contribution in [3.63, 3.8) is 0 Å². The molecule has 1 aliphatic rings. The fraction of sp³-hybridized carbons (Fsp3) is 0.533. The number of aliphatic hydroxyl groups is 1. The van der Waals surface area contributed by atoms with Crippen LogP contribution in [0.1, 0.15) is 32.3 Å². The van der Waals surface area contributed by atoms with E-state index in [9.17, 15) is 9.90 Å². The minimum Gasteiger partial charge on any atom is -0.394 e. The monoisotopic (exact) mass is 262 g/mol. The van der Waals surface area contributed by atoms with Crippen LogP contribution in [0.25, 0.3) is 0 Å². The van der Waals surface area contributed by atoms with Crippen LogP contribution in [0.3, 0.4) is 0 Å². The van der Waals surface area contributed by atoms with E-state index in [1.165, 1.54) is 5.56 Å².